The average molecular weight is 593 g/mol. The second-order valence-electron chi connectivity index (χ2n) is 11.0. The Morgan fingerprint density at radius 1 is 1.07 bits per heavy atom. The van der Waals surface area contributed by atoms with E-state index in [-0.39, 0.29) is 35.5 Å². The van der Waals surface area contributed by atoms with Gasteiger partial charge in [-0.05, 0) is 42.2 Å². The van der Waals surface area contributed by atoms with Crippen molar-refractivity contribution in [1.82, 2.24) is 25.0 Å². The largest absolute Gasteiger partial charge is 0.480 e. The molecule has 1 aliphatic rings. The van der Waals surface area contributed by atoms with E-state index in [4.69, 9.17) is 19.8 Å². The highest BCUT2D eigenvalue weighted by Crippen LogP contribution is 2.36. The molecule has 3 heterocycles. The Kier molecular flexibility index (Phi) is 9.79. The maximum absolute atomic E-state index is 13.8. The molecule has 5 rings (SSSR count). The molecule has 44 heavy (non-hydrogen) atoms. The highest BCUT2D eigenvalue weighted by atomic mass is 16.5. The molecule has 0 unspecified atom stereocenters. The first-order chi connectivity index (χ1) is 21.4. The fraction of sp³-hybridized carbons (Fsp3) is 0.324. The molecule has 10 nitrogen and oxygen atoms in total. The maximum Gasteiger partial charge on any atom is 0.269 e. The van der Waals surface area contributed by atoms with Crippen molar-refractivity contribution in [3.05, 3.63) is 95.3 Å². The molecule has 2 aromatic carbocycles. The van der Waals surface area contributed by atoms with Gasteiger partial charge in [0.1, 0.15) is 11.3 Å². The molecule has 10 heteroatoms. The summed E-state index contributed by atoms with van der Waals surface area (Å²) in [7, 11) is 3.12. The van der Waals surface area contributed by atoms with Crippen LogP contribution in [0.1, 0.15) is 39.5 Å². The zero-order valence-corrected chi connectivity index (χ0v) is 25.2. The lowest BCUT2D eigenvalue weighted by molar-refractivity contribution is -0.119. The number of rotatable bonds is 12. The van der Waals surface area contributed by atoms with Gasteiger partial charge >= 0.3 is 0 Å². The van der Waals surface area contributed by atoms with Gasteiger partial charge in [0.25, 0.3) is 5.91 Å². The third kappa shape index (κ3) is 6.70. The number of ketones is 1. The molecular weight excluding hydrogens is 556 g/mol. The topological polar surface area (TPSA) is 122 Å². The molecule has 2 atom stereocenters. The molecule has 0 aliphatic carbocycles. The number of carbonyl (C=O) groups excluding carboxylic acids is 2. The number of para-hydroxylation sites is 1. The summed E-state index contributed by atoms with van der Waals surface area (Å²) in [6.45, 7) is 5.14. The van der Waals surface area contributed by atoms with Crippen LogP contribution < -0.4 is 10.1 Å². The number of aromatic nitrogens is 3. The molecule has 4 aromatic rings. The highest BCUT2D eigenvalue weighted by molar-refractivity contribution is 5.98. The number of nitriles is 1. The van der Waals surface area contributed by atoms with Gasteiger partial charge in [-0.15, -0.1) is 0 Å². The maximum atomic E-state index is 13.8. The second-order valence-corrected chi connectivity index (χ2v) is 11.0. The number of likely N-dealkylation sites (tertiary alicyclic amines) is 1. The van der Waals surface area contributed by atoms with Crippen LogP contribution in [0.4, 0.5) is 0 Å². The SMILES string of the molecule is COCCN1C[C@@H](CC(=O)Cc2c(C)c(-c3cnc(OC)c(C(=O)NC#N)c3)nn2-c2ccccc2)[C@H](c2ccccc2)C1. The summed E-state index contributed by atoms with van der Waals surface area (Å²) in [5.41, 5.74) is 4.94. The van der Waals surface area contributed by atoms with Crippen molar-refractivity contribution < 1.29 is 19.1 Å². The number of methoxy groups -OCH3 is 2. The van der Waals surface area contributed by atoms with Crippen LogP contribution in [0.3, 0.4) is 0 Å². The summed E-state index contributed by atoms with van der Waals surface area (Å²) in [5, 5.41) is 16.0. The number of hydrogen-bond acceptors (Lipinski definition) is 8. The molecule has 1 saturated heterocycles. The Morgan fingerprint density at radius 3 is 2.48 bits per heavy atom. The molecule has 0 radical (unpaired) electrons. The van der Waals surface area contributed by atoms with Crippen LogP contribution in [0.15, 0.2) is 72.9 Å². The van der Waals surface area contributed by atoms with Crippen LogP contribution in [0.25, 0.3) is 16.9 Å². The van der Waals surface area contributed by atoms with E-state index in [1.54, 1.807) is 30.2 Å². The Morgan fingerprint density at radius 2 is 1.80 bits per heavy atom. The summed E-state index contributed by atoms with van der Waals surface area (Å²) in [6, 6.07) is 21.7. The van der Waals surface area contributed by atoms with Gasteiger partial charge < -0.3 is 14.4 Å². The number of carbonyl (C=O) groups is 2. The lowest BCUT2D eigenvalue weighted by atomic mass is 9.85. The zero-order chi connectivity index (χ0) is 31.1. The van der Waals surface area contributed by atoms with Crippen LogP contribution in [0, 0.1) is 24.3 Å². The van der Waals surface area contributed by atoms with E-state index >= 15 is 0 Å². The molecule has 0 spiro atoms. The summed E-state index contributed by atoms with van der Waals surface area (Å²) >= 11 is 0. The van der Waals surface area contributed by atoms with E-state index in [9.17, 15) is 9.59 Å². The lowest BCUT2D eigenvalue weighted by Gasteiger charge is -2.18. The minimum Gasteiger partial charge on any atom is -0.480 e. The molecule has 1 fully saturated rings. The van der Waals surface area contributed by atoms with Gasteiger partial charge in [-0.3, -0.25) is 14.9 Å². The number of benzene rings is 2. The van der Waals surface area contributed by atoms with E-state index < -0.39 is 5.91 Å². The van der Waals surface area contributed by atoms with Crippen LogP contribution in [-0.2, 0) is 16.0 Å². The standard InChI is InChI=1S/C34H36N6O4/c1-23-31(18-28(41)16-26-20-39(14-15-43-2)21-30(26)24-10-6-4-7-11-24)40(27-12-8-5-9-13-27)38-32(23)25-17-29(33(42)37-22-35)34(44-3)36-19-25/h4-13,17,19,26,30H,14-16,18,20-21H2,1-3H3,(H,37,42)/t26-,30+/m1/s1. The van der Waals surface area contributed by atoms with Crippen molar-refractivity contribution in [3.8, 4) is 29.0 Å². The fourth-order valence-electron chi connectivity index (χ4n) is 6.02. The monoisotopic (exact) mass is 592 g/mol. The van der Waals surface area contributed by atoms with Crippen LogP contribution >= 0.6 is 0 Å². The summed E-state index contributed by atoms with van der Waals surface area (Å²) < 4.78 is 12.4. The minimum atomic E-state index is -0.627. The van der Waals surface area contributed by atoms with Crippen LogP contribution in [0.2, 0.25) is 0 Å². The van der Waals surface area contributed by atoms with E-state index in [1.165, 1.54) is 12.7 Å². The highest BCUT2D eigenvalue weighted by Gasteiger charge is 2.35. The van der Waals surface area contributed by atoms with Crippen LogP contribution in [-0.4, -0.2) is 71.8 Å². The van der Waals surface area contributed by atoms with Gasteiger partial charge in [0, 0.05) is 57.3 Å². The molecule has 1 N–H and O–H groups in total. The Labute approximate surface area is 257 Å². The third-order valence-corrected chi connectivity index (χ3v) is 8.19. The fourth-order valence-corrected chi connectivity index (χ4v) is 6.02. The normalized spacial score (nSPS) is 16.4. The molecule has 2 aromatic heterocycles. The van der Waals surface area contributed by atoms with Crippen molar-refractivity contribution >= 4 is 11.7 Å². The van der Waals surface area contributed by atoms with Gasteiger partial charge in [-0.1, -0.05) is 48.5 Å². The smallest absolute Gasteiger partial charge is 0.269 e. The number of ether oxygens (including phenoxy) is 2. The van der Waals surface area contributed by atoms with Crippen molar-refractivity contribution in [2.45, 2.75) is 25.7 Å². The first kappa shape index (κ1) is 30.6. The first-order valence-corrected chi connectivity index (χ1v) is 14.6. The van der Waals surface area contributed by atoms with Crippen molar-refractivity contribution in [3.63, 3.8) is 0 Å². The van der Waals surface area contributed by atoms with E-state index in [0.29, 0.717) is 24.3 Å². The average Bonchev–Trinajstić information content (AvgIpc) is 3.60. The van der Waals surface area contributed by atoms with Gasteiger partial charge in [0.2, 0.25) is 5.88 Å². The number of amides is 1. The number of pyridine rings is 1. The van der Waals surface area contributed by atoms with Crippen molar-refractivity contribution in [2.24, 2.45) is 5.92 Å². The van der Waals surface area contributed by atoms with Gasteiger partial charge in [0.05, 0.1) is 30.8 Å². The van der Waals surface area contributed by atoms with E-state index in [1.807, 2.05) is 43.3 Å². The minimum absolute atomic E-state index is 0.0983. The first-order valence-electron chi connectivity index (χ1n) is 14.6. The predicted octanol–water partition coefficient (Wildman–Crippen LogP) is 4.33. The summed E-state index contributed by atoms with van der Waals surface area (Å²) in [4.78, 5) is 33.1. The third-order valence-electron chi connectivity index (χ3n) is 8.19. The second kappa shape index (κ2) is 14.1. The molecule has 0 saturated carbocycles. The quantitative estimate of drug-likeness (QED) is 0.191. The van der Waals surface area contributed by atoms with Crippen molar-refractivity contribution in [1.29, 1.82) is 5.26 Å². The van der Waals surface area contributed by atoms with Crippen LogP contribution in [0.5, 0.6) is 5.88 Å². The Balaban J connectivity index is 1.46. The van der Waals surface area contributed by atoms with Gasteiger partial charge in [-0.25, -0.2) is 9.67 Å². The van der Waals surface area contributed by atoms with Crippen molar-refractivity contribution in [2.75, 3.05) is 40.5 Å². The van der Waals surface area contributed by atoms with E-state index in [0.717, 1.165) is 36.6 Å². The van der Waals surface area contributed by atoms with Gasteiger partial charge in [0.15, 0.2) is 6.19 Å². The number of nitrogens with zero attached hydrogens (tertiary/aromatic N) is 5. The van der Waals surface area contributed by atoms with Gasteiger partial charge in [-0.2, -0.15) is 10.4 Å². The predicted molar refractivity (Wildman–Crippen MR) is 165 cm³/mol. The molecule has 1 aliphatic heterocycles. The zero-order valence-electron chi connectivity index (χ0n) is 25.2. The number of Topliss-reactive ketones (excluding diaryl/α,β-unsaturated/α-hetero) is 1. The summed E-state index contributed by atoms with van der Waals surface area (Å²) in [5.74, 6) is 0.0512. The number of nitrogens with one attached hydrogen (secondary N) is 1. The lowest BCUT2D eigenvalue weighted by Crippen LogP contribution is -2.25. The molecule has 1 amide bonds. The molecular formula is C34H36N6O4. The molecule has 0 bridgehead atoms. The molecule has 226 valence electrons. The summed E-state index contributed by atoms with van der Waals surface area (Å²) in [6.07, 6.45) is 3.88. The van der Waals surface area contributed by atoms with E-state index in [2.05, 4.69) is 39.5 Å². The Hall–Kier alpha value is -4.85. The number of hydrogen-bond donors (Lipinski definition) is 1. The Bertz CT molecular complexity index is 1650.